The van der Waals surface area contributed by atoms with Crippen LogP contribution in [0.1, 0.15) is 44.9 Å². The lowest BCUT2D eigenvalue weighted by Crippen LogP contribution is -2.56. The number of carbonyl (C=O) groups excluding carboxylic acids is 1. The van der Waals surface area contributed by atoms with Crippen molar-refractivity contribution in [3.63, 3.8) is 0 Å². The average Bonchev–Trinajstić information content (AvgIpc) is 2.71. The summed E-state index contributed by atoms with van der Waals surface area (Å²) >= 11 is 0. The molecule has 1 unspecified atom stereocenters. The lowest BCUT2D eigenvalue weighted by molar-refractivity contribution is -0.141. The Bertz CT molecular complexity index is 353. The van der Waals surface area contributed by atoms with E-state index in [2.05, 4.69) is 4.90 Å². The van der Waals surface area contributed by atoms with Crippen LogP contribution in [-0.4, -0.2) is 29.9 Å². The Morgan fingerprint density at radius 1 is 1.05 bits per heavy atom. The highest BCUT2D eigenvalue weighted by Gasteiger charge is 2.52. The van der Waals surface area contributed by atoms with Crippen LogP contribution in [0, 0.1) is 29.6 Å². The molecule has 1 saturated heterocycles. The van der Waals surface area contributed by atoms with Crippen LogP contribution in [0.3, 0.4) is 0 Å². The highest BCUT2D eigenvalue weighted by atomic mass is 16.2. The number of hydrogen-bond donors (Lipinski definition) is 1. The molecule has 5 fully saturated rings. The van der Waals surface area contributed by atoms with Gasteiger partial charge in [-0.3, -0.25) is 4.79 Å². The zero-order chi connectivity index (χ0) is 13.0. The van der Waals surface area contributed by atoms with Gasteiger partial charge >= 0.3 is 0 Å². The van der Waals surface area contributed by atoms with Gasteiger partial charge in [0.05, 0.1) is 0 Å². The van der Waals surface area contributed by atoms with E-state index in [1.165, 1.54) is 32.1 Å². The molecule has 0 aromatic rings. The molecule has 4 aliphatic carbocycles. The molecule has 0 aromatic carbocycles. The monoisotopic (exact) mass is 262 g/mol. The van der Waals surface area contributed by atoms with Gasteiger partial charge in [0.1, 0.15) is 0 Å². The van der Waals surface area contributed by atoms with Gasteiger partial charge in [0, 0.05) is 18.5 Å². The third-order valence-electron chi connectivity index (χ3n) is 6.40. The minimum atomic E-state index is 0.238. The third-order valence-corrected chi connectivity index (χ3v) is 6.40. The van der Waals surface area contributed by atoms with Crippen LogP contribution in [0.25, 0.3) is 0 Å². The summed E-state index contributed by atoms with van der Waals surface area (Å²) in [5, 5.41) is 0. The van der Waals surface area contributed by atoms with Gasteiger partial charge in [0.25, 0.3) is 0 Å². The fraction of sp³-hybridized carbons (Fsp3) is 0.938. The van der Waals surface area contributed by atoms with Crippen LogP contribution in [0.2, 0.25) is 0 Å². The molecule has 0 aromatic heterocycles. The minimum Gasteiger partial charge on any atom is -0.339 e. The van der Waals surface area contributed by atoms with Crippen molar-refractivity contribution < 1.29 is 4.79 Å². The SMILES string of the molecule is NCCC1CCN(C2C3CC4CC(C3)CC2C4)C1=O. The summed E-state index contributed by atoms with van der Waals surface area (Å²) in [5.74, 6) is 4.33. The fourth-order valence-electron chi connectivity index (χ4n) is 5.93. The number of likely N-dealkylation sites (tertiary alicyclic amines) is 1. The number of carbonyl (C=O) groups is 1. The summed E-state index contributed by atoms with van der Waals surface area (Å²) < 4.78 is 0. The van der Waals surface area contributed by atoms with E-state index in [0.29, 0.717) is 18.5 Å². The van der Waals surface area contributed by atoms with Gasteiger partial charge in [0.2, 0.25) is 5.91 Å². The molecule has 1 aliphatic heterocycles. The first-order valence-corrected chi connectivity index (χ1v) is 8.26. The summed E-state index contributed by atoms with van der Waals surface area (Å²) in [6.45, 7) is 1.67. The van der Waals surface area contributed by atoms with E-state index in [4.69, 9.17) is 5.73 Å². The molecule has 0 spiro atoms. The third kappa shape index (κ3) is 1.84. The molecule has 3 nitrogen and oxygen atoms in total. The predicted octanol–water partition coefficient (Wildman–Crippen LogP) is 2.01. The van der Waals surface area contributed by atoms with Crippen molar-refractivity contribution >= 4 is 5.91 Å². The molecule has 1 atom stereocenters. The predicted molar refractivity (Wildman–Crippen MR) is 74.3 cm³/mol. The zero-order valence-corrected chi connectivity index (χ0v) is 11.8. The molecule has 106 valence electrons. The van der Waals surface area contributed by atoms with Gasteiger partial charge in [-0.15, -0.1) is 0 Å². The maximum Gasteiger partial charge on any atom is 0.226 e. The van der Waals surface area contributed by atoms with E-state index in [9.17, 15) is 4.79 Å². The van der Waals surface area contributed by atoms with Crippen molar-refractivity contribution in [2.75, 3.05) is 13.1 Å². The molecule has 2 N–H and O–H groups in total. The van der Waals surface area contributed by atoms with Crippen LogP contribution >= 0.6 is 0 Å². The van der Waals surface area contributed by atoms with Gasteiger partial charge in [-0.05, 0) is 75.2 Å². The summed E-state index contributed by atoms with van der Waals surface area (Å²) in [4.78, 5) is 14.9. The second kappa shape index (κ2) is 4.47. The van der Waals surface area contributed by atoms with Gasteiger partial charge in [0.15, 0.2) is 0 Å². The molecule has 5 rings (SSSR count). The number of nitrogens with two attached hydrogens (primary N) is 1. The normalized spacial score (nSPS) is 48.3. The molecule has 4 bridgehead atoms. The summed E-state index contributed by atoms with van der Waals surface area (Å²) in [6.07, 6.45) is 9.06. The highest BCUT2D eigenvalue weighted by Crippen LogP contribution is 2.55. The number of hydrogen-bond acceptors (Lipinski definition) is 2. The van der Waals surface area contributed by atoms with E-state index >= 15 is 0 Å². The van der Waals surface area contributed by atoms with E-state index in [-0.39, 0.29) is 5.92 Å². The van der Waals surface area contributed by atoms with E-state index < -0.39 is 0 Å². The van der Waals surface area contributed by atoms with Gasteiger partial charge in [-0.25, -0.2) is 0 Å². The average molecular weight is 262 g/mol. The molecule has 4 saturated carbocycles. The smallest absolute Gasteiger partial charge is 0.226 e. The quantitative estimate of drug-likeness (QED) is 0.845. The zero-order valence-electron chi connectivity index (χ0n) is 11.8. The number of rotatable bonds is 3. The first kappa shape index (κ1) is 12.2. The summed E-state index contributed by atoms with van der Waals surface area (Å²) in [5.41, 5.74) is 5.64. The Labute approximate surface area is 115 Å². The van der Waals surface area contributed by atoms with Crippen LogP contribution < -0.4 is 5.73 Å². The van der Waals surface area contributed by atoms with Gasteiger partial charge in [-0.2, -0.15) is 0 Å². The molecule has 3 heteroatoms. The number of amides is 1. The topological polar surface area (TPSA) is 46.3 Å². The maximum atomic E-state index is 12.6. The summed E-state index contributed by atoms with van der Waals surface area (Å²) in [7, 11) is 0. The lowest BCUT2D eigenvalue weighted by atomic mass is 9.54. The molecule has 19 heavy (non-hydrogen) atoms. The Morgan fingerprint density at radius 2 is 1.68 bits per heavy atom. The molecule has 0 radical (unpaired) electrons. The van der Waals surface area contributed by atoms with E-state index in [0.717, 1.165) is 43.1 Å². The first-order valence-electron chi connectivity index (χ1n) is 8.26. The van der Waals surface area contributed by atoms with Crippen LogP contribution in [0.4, 0.5) is 0 Å². The number of nitrogens with zero attached hydrogens (tertiary/aromatic N) is 1. The second-order valence-corrected chi connectivity index (χ2v) is 7.52. The van der Waals surface area contributed by atoms with Crippen LogP contribution in [0.5, 0.6) is 0 Å². The van der Waals surface area contributed by atoms with Crippen LogP contribution in [0.15, 0.2) is 0 Å². The molecule has 5 aliphatic rings. The first-order chi connectivity index (χ1) is 9.26. The largest absolute Gasteiger partial charge is 0.339 e. The second-order valence-electron chi connectivity index (χ2n) is 7.52. The van der Waals surface area contributed by atoms with E-state index in [1.807, 2.05) is 0 Å². The summed E-state index contributed by atoms with van der Waals surface area (Å²) in [6, 6.07) is 0.600. The Morgan fingerprint density at radius 3 is 2.26 bits per heavy atom. The van der Waals surface area contributed by atoms with Gasteiger partial charge in [-0.1, -0.05) is 0 Å². The Balaban J connectivity index is 1.52. The maximum absolute atomic E-state index is 12.6. The standard InChI is InChI=1S/C16H26N2O/c17-3-1-12-2-4-18(16(12)19)15-13-6-10-5-11(8-13)9-14(15)7-10/h10-15H,1-9,17H2. The van der Waals surface area contributed by atoms with Crippen LogP contribution in [-0.2, 0) is 4.79 Å². The Kier molecular flexibility index (Phi) is 2.87. The molecule has 1 amide bonds. The molecular formula is C16H26N2O. The highest BCUT2D eigenvalue weighted by molar-refractivity contribution is 5.81. The fourth-order valence-corrected chi connectivity index (χ4v) is 5.93. The van der Waals surface area contributed by atoms with Crippen molar-refractivity contribution in [1.82, 2.24) is 4.90 Å². The molecular weight excluding hydrogens is 236 g/mol. The van der Waals surface area contributed by atoms with Gasteiger partial charge < -0.3 is 10.6 Å². The van der Waals surface area contributed by atoms with Crippen molar-refractivity contribution in [2.45, 2.75) is 51.0 Å². The van der Waals surface area contributed by atoms with Crippen molar-refractivity contribution in [3.8, 4) is 0 Å². The Hall–Kier alpha value is -0.570. The van der Waals surface area contributed by atoms with E-state index in [1.54, 1.807) is 0 Å². The van der Waals surface area contributed by atoms with Crippen molar-refractivity contribution in [2.24, 2.45) is 35.3 Å². The van der Waals surface area contributed by atoms with Crippen molar-refractivity contribution in [3.05, 3.63) is 0 Å². The molecule has 1 heterocycles. The van der Waals surface area contributed by atoms with Crippen molar-refractivity contribution in [1.29, 1.82) is 0 Å². The lowest BCUT2D eigenvalue weighted by Gasteiger charge is -2.56. The minimum absolute atomic E-state index is 0.238.